The minimum Gasteiger partial charge on any atom is -0.376 e. The fourth-order valence-corrected chi connectivity index (χ4v) is 0.465. The van der Waals surface area contributed by atoms with E-state index in [1.807, 2.05) is 19.9 Å². The molecule has 0 aliphatic heterocycles. The van der Waals surface area contributed by atoms with Crippen LogP contribution in [0.1, 0.15) is 27.2 Å². The lowest BCUT2D eigenvalue weighted by Gasteiger charge is -2.18. The second-order valence-corrected chi connectivity index (χ2v) is 3.06. The van der Waals surface area contributed by atoms with E-state index in [1.165, 1.54) is 0 Å². The van der Waals surface area contributed by atoms with Crippen molar-refractivity contribution in [1.82, 2.24) is 0 Å². The van der Waals surface area contributed by atoms with Crippen molar-refractivity contribution in [2.45, 2.75) is 38.8 Å². The van der Waals surface area contributed by atoms with Gasteiger partial charge in [0.2, 0.25) is 0 Å². The maximum Gasteiger partial charge on any atom is 0.125 e. The number of rotatable bonds is 4. The van der Waals surface area contributed by atoms with Crippen LogP contribution in [0.25, 0.3) is 0 Å². The Labute approximate surface area is 68.1 Å². The van der Waals surface area contributed by atoms with Crippen LogP contribution in [0.3, 0.4) is 0 Å². The molecule has 3 nitrogen and oxygen atoms in total. The zero-order valence-corrected chi connectivity index (χ0v) is 7.42. The van der Waals surface area contributed by atoms with E-state index >= 15 is 0 Å². The molecule has 2 atom stereocenters. The van der Waals surface area contributed by atoms with Gasteiger partial charge in [-0.3, -0.25) is 0 Å². The average molecular weight is 156 g/mol. The second-order valence-electron chi connectivity index (χ2n) is 3.06. The van der Waals surface area contributed by atoms with Crippen LogP contribution in [0, 0.1) is 11.3 Å². The van der Waals surface area contributed by atoms with Gasteiger partial charge in [0.05, 0.1) is 18.8 Å². The van der Waals surface area contributed by atoms with Crippen LogP contribution in [-0.4, -0.2) is 18.2 Å². The fourth-order valence-electron chi connectivity index (χ4n) is 0.465. The molecular weight excluding hydrogens is 140 g/mol. The summed E-state index contributed by atoms with van der Waals surface area (Å²) in [6.45, 7) is 5.96. The normalized spacial score (nSPS) is 18.5. The van der Waals surface area contributed by atoms with Gasteiger partial charge in [0.25, 0.3) is 0 Å². The molecule has 0 aromatic rings. The maximum atomic E-state index is 8.52. The van der Waals surface area contributed by atoms with Gasteiger partial charge in [0.15, 0.2) is 0 Å². The molecule has 0 saturated heterocycles. The van der Waals surface area contributed by atoms with Gasteiger partial charge in [-0.25, -0.2) is 0 Å². The van der Waals surface area contributed by atoms with Gasteiger partial charge >= 0.3 is 0 Å². The molecule has 0 rings (SSSR count). The first-order valence-corrected chi connectivity index (χ1v) is 3.83. The van der Waals surface area contributed by atoms with Gasteiger partial charge in [-0.2, -0.15) is 5.26 Å². The third-order valence-electron chi connectivity index (χ3n) is 1.50. The summed E-state index contributed by atoms with van der Waals surface area (Å²) in [7, 11) is 0. The topological polar surface area (TPSA) is 59.0 Å². The zero-order valence-electron chi connectivity index (χ0n) is 7.42. The van der Waals surface area contributed by atoms with Crippen LogP contribution in [0.2, 0.25) is 0 Å². The van der Waals surface area contributed by atoms with Crippen molar-refractivity contribution in [2.75, 3.05) is 6.61 Å². The van der Waals surface area contributed by atoms with Crippen LogP contribution in [0.5, 0.6) is 0 Å². The number of nitriles is 1. The summed E-state index contributed by atoms with van der Waals surface area (Å²) in [5, 5.41) is 8.52. The Hall–Kier alpha value is -0.590. The van der Waals surface area contributed by atoms with E-state index in [0.717, 1.165) is 6.42 Å². The molecule has 0 radical (unpaired) electrons. The molecule has 3 heteroatoms. The average Bonchev–Trinajstić information content (AvgIpc) is 2.00. The number of nitrogens with zero attached hydrogens (tertiary/aromatic N) is 1. The minimum absolute atomic E-state index is 0.186. The Morgan fingerprint density at radius 1 is 1.73 bits per heavy atom. The van der Waals surface area contributed by atoms with Crippen molar-refractivity contribution < 1.29 is 4.74 Å². The van der Waals surface area contributed by atoms with E-state index < -0.39 is 5.54 Å². The molecule has 0 aliphatic rings. The van der Waals surface area contributed by atoms with E-state index in [-0.39, 0.29) is 6.10 Å². The lowest BCUT2D eigenvalue weighted by atomic mass is 10.1. The van der Waals surface area contributed by atoms with Gasteiger partial charge in [-0.05, 0) is 20.3 Å². The molecule has 0 saturated carbocycles. The largest absolute Gasteiger partial charge is 0.376 e. The molecule has 0 aromatic heterocycles. The predicted molar refractivity (Wildman–Crippen MR) is 43.9 cm³/mol. The number of hydrogen-bond acceptors (Lipinski definition) is 3. The van der Waals surface area contributed by atoms with Crippen LogP contribution in [0.4, 0.5) is 0 Å². The van der Waals surface area contributed by atoms with Crippen molar-refractivity contribution in [1.29, 1.82) is 5.26 Å². The van der Waals surface area contributed by atoms with Gasteiger partial charge < -0.3 is 10.5 Å². The Morgan fingerprint density at radius 2 is 2.27 bits per heavy atom. The molecule has 0 amide bonds. The summed E-state index contributed by atoms with van der Waals surface area (Å²) in [6, 6.07) is 1.97. The molecular formula is C8H16N2O. The lowest BCUT2D eigenvalue weighted by molar-refractivity contribution is 0.0444. The third kappa shape index (κ3) is 4.77. The summed E-state index contributed by atoms with van der Waals surface area (Å²) >= 11 is 0. The molecule has 2 N–H and O–H groups in total. The number of hydrogen-bond donors (Lipinski definition) is 1. The molecule has 0 heterocycles. The van der Waals surface area contributed by atoms with E-state index in [9.17, 15) is 0 Å². The number of nitrogens with two attached hydrogens (primary N) is 1. The van der Waals surface area contributed by atoms with E-state index in [2.05, 4.69) is 0 Å². The first-order chi connectivity index (χ1) is 5.02. The van der Waals surface area contributed by atoms with Crippen LogP contribution >= 0.6 is 0 Å². The summed E-state index contributed by atoms with van der Waals surface area (Å²) in [6.07, 6.45) is 1.13. The monoisotopic (exact) mass is 156 g/mol. The van der Waals surface area contributed by atoms with Crippen molar-refractivity contribution >= 4 is 0 Å². The Kier molecular flexibility index (Phi) is 4.09. The van der Waals surface area contributed by atoms with E-state index in [1.54, 1.807) is 6.92 Å². The molecule has 2 unspecified atom stereocenters. The van der Waals surface area contributed by atoms with Gasteiger partial charge in [0.1, 0.15) is 5.54 Å². The van der Waals surface area contributed by atoms with Gasteiger partial charge in [0, 0.05) is 0 Å². The van der Waals surface area contributed by atoms with Crippen molar-refractivity contribution in [3.05, 3.63) is 0 Å². The van der Waals surface area contributed by atoms with Crippen molar-refractivity contribution in [2.24, 2.45) is 5.73 Å². The second kappa shape index (κ2) is 4.32. The molecule has 0 bridgehead atoms. The standard InChI is InChI=1S/C8H16N2O/c1-4-7(2)11-6-8(3,10)5-9/h7H,4,6,10H2,1-3H3. The summed E-state index contributed by atoms with van der Waals surface area (Å²) < 4.78 is 5.30. The van der Waals surface area contributed by atoms with Crippen molar-refractivity contribution in [3.8, 4) is 6.07 Å². The molecule has 0 aliphatic carbocycles. The lowest BCUT2D eigenvalue weighted by Crippen LogP contribution is -2.40. The Bertz CT molecular complexity index is 149. The van der Waals surface area contributed by atoms with Gasteiger partial charge in [-0.1, -0.05) is 6.92 Å². The Balaban J connectivity index is 3.63. The smallest absolute Gasteiger partial charge is 0.125 e. The molecule has 64 valence electrons. The Morgan fingerprint density at radius 3 is 2.64 bits per heavy atom. The first-order valence-electron chi connectivity index (χ1n) is 3.83. The fraction of sp³-hybridized carbons (Fsp3) is 0.875. The molecule has 0 spiro atoms. The third-order valence-corrected chi connectivity index (χ3v) is 1.50. The predicted octanol–water partition coefficient (Wildman–Crippen LogP) is 1.04. The number of ether oxygens (including phenoxy) is 1. The molecule has 0 aromatic carbocycles. The summed E-state index contributed by atoms with van der Waals surface area (Å²) in [5.74, 6) is 0. The summed E-state index contributed by atoms with van der Waals surface area (Å²) in [4.78, 5) is 0. The highest BCUT2D eigenvalue weighted by Gasteiger charge is 2.18. The minimum atomic E-state index is -0.844. The summed E-state index contributed by atoms with van der Waals surface area (Å²) in [5.41, 5.74) is 4.69. The maximum absolute atomic E-state index is 8.52. The van der Waals surface area contributed by atoms with Crippen molar-refractivity contribution in [3.63, 3.8) is 0 Å². The van der Waals surface area contributed by atoms with Crippen LogP contribution in [-0.2, 0) is 4.74 Å². The highest BCUT2D eigenvalue weighted by molar-refractivity contribution is 5.00. The molecule has 0 fully saturated rings. The zero-order chi connectivity index (χ0) is 8.91. The van der Waals surface area contributed by atoms with E-state index in [4.69, 9.17) is 15.7 Å². The SMILES string of the molecule is CCC(C)OCC(C)(N)C#N. The highest BCUT2D eigenvalue weighted by atomic mass is 16.5. The molecule has 11 heavy (non-hydrogen) atoms. The van der Waals surface area contributed by atoms with Crippen LogP contribution in [0.15, 0.2) is 0 Å². The quantitative estimate of drug-likeness (QED) is 0.661. The first kappa shape index (κ1) is 10.4. The van der Waals surface area contributed by atoms with E-state index in [0.29, 0.717) is 6.61 Å². The highest BCUT2D eigenvalue weighted by Crippen LogP contribution is 2.02. The van der Waals surface area contributed by atoms with Crippen LogP contribution < -0.4 is 5.73 Å². The van der Waals surface area contributed by atoms with Gasteiger partial charge in [-0.15, -0.1) is 0 Å².